The van der Waals surface area contributed by atoms with Gasteiger partial charge in [-0.15, -0.1) is 0 Å². The molecule has 0 saturated carbocycles. The Bertz CT molecular complexity index is 568. The topological polar surface area (TPSA) is 104 Å². The maximum Gasteiger partial charge on any atom is 0.451 e. The molecule has 0 heterocycles. The summed E-state index contributed by atoms with van der Waals surface area (Å²) in [5.74, 6) is -0.613. The summed E-state index contributed by atoms with van der Waals surface area (Å²) in [5.41, 5.74) is 6.15. The number of hydrogen-bond donors (Lipinski definition) is 4. The summed E-state index contributed by atoms with van der Waals surface area (Å²) in [7, 11) is -1.32. The van der Waals surface area contributed by atoms with Crippen LogP contribution >= 0.6 is 0 Å². The van der Waals surface area contributed by atoms with E-state index in [0.29, 0.717) is 25.2 Å². The lowest BCUT2D eigenvalue weighted by atomic mass is 9.74. The first-order valence-corrected chi connectivity index (χ1v) is 10.7. The van der Waals surface area contributed by atoms with E-state index in [4.69, 9.17) is 15.8 Å². The zero-order chi connectivity index (χ0) is 22.4. The van der Waals surface area contributed by atoms with Crippen LogP contribution in [0.2, 0.25) is 6.32 Å². The molecule has 0 bridgehead atoms. The van der Waals surface area contributed by atoms with Gasteiger partial charge in [-0.1, -0.05) is 65.5 Å². The summed E-state index contributed by atoms with van der Waals surface area (Å²) in [6.45, 7) is 8.27. The number of unbranched alkanes of at least 4 members (excludes halogenated alkanes) is 1. The van der Waals surface area contributed by atoms with Gasteiger partial charge in [-0.05, 0) is 55.1 Å². The number of aryl methyl sites for hydroxylation is 1. The van der Waals surface area contributed by atoms with Crippen LogP contribution in [-0.4, -0.2) is 33.8 Å². The summed E-state index contributed by atoms with van der Waals surface area (Å²) in [6, 6.07) is 6.57. The van der Waals surface area contributed by atoms with Crippen molar-refractivity contribution in [1.82, 2.24) is 0 Å². The second kappa shape index (κ2) is 14.5. The molecule has 7 heteroatoms. The van der Waals surface area contributed by atoms with E-state index in [2.05, 4.69) is 13.8 Å². The van der Waals surface area contributed by atoms with Crippen LogP contribution in [0.4, 0.5) is 4.39 Å². The summed E-state index contributed by atoms with van der Waals surface area (Å²) in [5, 5.41) is 27.1. The van der Waals surface area contributed by atoms with E-state index in [9.17, 15) is 14.3 Å². The van der Waals surface area contributed by atoms with Crippen molar-refractivity contribution in [2.45, 2.75) is 84.5 Å². The minimum absolute atomic E-state index is 0.0403. The molecule has 29 heavy (non-hydrogen) atoms. The average molecular weight is 411 g/mol. The fraction of sp³-hybridized carbons (Fsp3) is 0.682. The Hall–Kier alpha value is -1.44. The van der Waals surface area contributed by atoms with Crippen molar-refractivity contribution in [2.75, 3.05) is 0 Å². The molecule has 5 N–H and O–H groups in total. The highest BCUT2D eigenvalue weighted by molar-refractivity contribution is 6.40. The molecule has 0 spiro atoms. The number of rotatable bonds is 12. The molecule has 0 aliphatic carbocycles. The van der Waals surface area contributed by atoms with Gasteiger partial charge in [0.25, 0.3) is 0 Å². The number of carbonyl (C=O) groups is 1. The van der Waals surface area contributed by atoms with Crippen LogP contribution in [-0.2, 0) is 11.2 Å². The van der Waals surface area contributed by atoms with Crippen LogP contribution in [0.1, 0.15) is 71.8 Å². The number of aliphatic carboxylic acids is 1. The van der Waals surface area contributed by atoms with Crippen molar-refractivity contribution in [3.63, 3.8) is 0 Å². The molecule has 0 saturated heterocycles. The van der Waals surface area contributed by atoms with Crippen LogP contribution in [0.15, 0.2) is 24.3 Å². The Morgan fingerprint density at radius 3 is 2.14 bits per heavy atom. The van der Waals surface area contributed by atoms with Crippen molar-refractivity contribution >= 4 is 13.1 Å². The number of carboxylic acids is 1. The fourth-order valence-electron chi connectivity index (χ4n) is 3.31. The molecule has 1 rings (SSSR count). The summed E-state index contributed by atoms with van der Waals surface area (Å²) in [4.78, 5) is 11.6. The zero-order valence-electron chi connectivity index (χ0n) is 18.4. The maximum absolute atomic E-state index is 12.2. The van der Waals surface area contributed by atoms with Gasteiger partial charge in [0.05, 0.1) is 0 Å². The Kier molecular flexibility index (Phi) is 13.8. The molecule has 2 atom stereocenters. The summed E-state index contributed by atoms with van der Waals surface area (Å²) < 4.78 is 12.2. The van der Waals surface area contributed by atoms with Gasteiger partial charge in [-0.2, -0.15) is 0 Å². The van der Waals surface area contributed by atoms with Gasteiger partial charge in [0, 0.05) is 0 Å². The first-order valence-electron chi connectivity index (χ1n) is 10.7. The normalized spacial score (nSPS) is 14.0. The van der Waals surface area contributed by atoms with E-state index in [-0.39, 0.29) is 18.1 Å². The van der Waals surface area contributed by atoms with Gasteiger partial charge in [0.2, 0.25) is 0 Å². The molecule has 166 valence electrons. The average Bonchev–Trinajstić information content (AvgIpc) is 2.66. The second-order valence-electron chi connectivity index (χ2n) is 8.13. The molecule has 1 aromatic carbocycles. The molecule has 5 nitrogen and oxygen atoms in total. The molecule has 2 unspecified atom stereocenters. The first-order chi connectivity index (χ1) is 13.6. The van der Waals surface area contributed by atoms with Gasteiger partial charge < -0.3 is 20.9 Å². The predicted molar refractivity (Wildman–Crippen MR) is 117 cm³/mol. The van der Waals surface area contributed by atoms with Crippen LogP contribution in [0, 0.1) is 17.7 Å². The molecule has 0 fully saturated rings. The highest BCUT2D eigenvalue weighted by Gasteiger charge is 2.40. The second-order valence-corrected chi connectivity index (χ2v) is 8.13. The van der Waals surface area contributed by atoms with E-state index >= 15 is 0 Å². The van der Waals surface area contributed by atoms with Crippen LogP contribution in [0.5, 0.6) is 0 Å². The van der Waals surface area contributed by atoms with Crippen molar-refractivity contribution in [1.29, 1.82) is 0 Å². The Balaban J connectivity index is 0.000000717. The maximum atomic E-state index is 12.2. The third-order valence-electron chi connectivity index (χ3n) is 5.34. The Morgan fingerprint density at radius 2 is 1.72 bits per heavy atom. The first kappa shape index (κ1) is 27.6. The predicted octanol–water partition coefficient (Wildman–Crippen LogP) is 4.26. The lowest BCUT2D eigenvalue weighted by Gasteiger charge is -2.34. The summed E-state index contributed by atoms with van der Waals surface area (Å²) in [6.07, 6.45) is 5.32. The molecule has 1 aromatic rings. The number of halogens is 1. The van der Waals surface area contributed by atoms with E-state index in [0.717, 1.165) is 25.7 Å². The van der Waals surface area contributed by atoms with Gasteiger partial charge in [0.1, 0.15) is 11.4 Å². The molecule has 0 aliphatic heterocycles. The standard InChI is InChI=1S/C14H30BNO4.C8H9F/c1-4-12(8-7-11(2)3)14(16,13(17)18)9-5-6-10-15(19)20;1-2-7-3-5-8(9)6-4-7/h11-12,19-20H,4-10,16H2,1-3H3,(H,17,18);3-6H,2H2,1H3. The number of benzene rings is 1. The number of hydrogen-bond acceptors (Lipinski definition) is 4. The smallest absolute Gasteiger partial charge is 0.451 e. The molecule has 0 aliphatic rings. The lowest BCUT2D eigenvalue weighted by molar-refractivity contribution is -0.146. The van der Waals surface area contributed by atoms with E-state index < -0.39 is 18.6 Å². The van der Waals surface area contributed by atoms with Crippen molar-refractivity contribution in [3.8, 4) is 0 Å². The van der Waals surface area contributed by atoms with Gasteiger partial charge in [-0.3, -0.25) is 4.79 Å². The molecular formula is C22H39BFNO4. The highest BCUT2D eigenvalue weighted by atomic mass is 19.1. The van der Waals surface area contributed by atoms with Crippen LogP contribution in [0.3, 0.4) is 0 Å². The van der Waals surface area contributed by atoms with Crippen molar-refractivity contribution in [2.24, 2.45) is 17.6 Å². The van der Waals surface area contributed by atoms with E-state index in [1.807, 2.05) is 13.8 Å². The molecular weight excluding hydrogens is 372 g/mol. The monoisotopic (exact) mass is 411 g/mol. The van der Waals surface area contributed by atoms with Crippen molar-refractivity contribution in [3.05, 3.63) is 35.6 Å². The fourth-order valence-corrected chi connectivity index (χ4v) is 3.31. The largest absolute Gasteiger partial charge is 0.480 e. The number of carboxylic acid groups (broad SMARTS) is 1. The number of nitrogens with two attached hydrogens (primary N) is 1. The van der Waals surface area contributed by atoms with Crippen LogP contribution in [0.25, 0.3) is 0 Å². The van der Waals surface area contributed by atoms with Gasteiger partial charge in [-0.25, -0.2) is 4.39 Å². The molecule has 0 amide bonds. The molecule has 0 aromatic heterocycles. The SMILES string of the molecule is CCC(CCC(C)C)C(N)(CCCCB(O)O)C(=O)O.CCc1ccc(F)cc1. The van der Waals surface area contributed by atoms with Crippen molar-refractivity contribution < 1.29 is 24.3 Å². The Morgan fingerprint density at radius 1 is 1.14 bits per heavy atom. The third-order valence-corrected chi connectivity index (χ3v) is 5.34. The van der Waals surface area contributed by atoms with E-state index in [1.165, 1.54) is 17.7 Å². The Labute approximate surface area is 175 Å². The zero-order valence-corrected chi connectivity index (χ0v) is 18.4. The molecule has 0 radical (unpaired) electrons. The van der Waals surface area contributed by atoms with Gasteiger partial charge >= 0.3 is 13.1 Å². The lowest BCUT2D eigenvalue weighted by Crippen LogP contribution is -2.54. The van der Waals surface area contributed by atoms with E-state index in [1.54, 1.807) is 12.1 Å². The quantitative estimate of drug-likeness (QED) is 0.304. The minimum atomic E-state index is -1.32. The minimum Gasteiger partial charge on any atom is -0.480 e. The third kappa shape index (κ3) is 11.4. The van der Waals surface area contributed by atoms with Gasteiger partial charge in [0.15, 0.2) is 0 Å². The summed E-state index contributed by atoms with van der Waals surface area (Å²) >= 11 is 0. The van der Waals surface area contributed by atoms with Crippen LogP contribution < -0.4 is 5.73 Å². The highest BCUT2D eigenvalue weighted by Crippen LogP contribution is 2.30.